The van der Waals surface area contributed by atoms with Crippen molar-refractivity contribution in [1.29, 1.82) is 0 Å². The van der Waals surface area contributed by atoms with Crippen LogP contribution in [-0.4, -0.2) is 21.6 Å². The van der Waals surface area contributed by atoms with Crippen molar-refractivity contribution in [2.75, 3.05) is 16.8 Å². The molecular formula is C18H20N4OS2. The molecular weight excluding hydrogens is 352 g/mol. The highest BCUT2D eigenvalue weighted by molar-refractivity contribution is 7.99. The van der Waals surface area contributed by atoms with Gasteiger partial charge in [0.15, 0.2) is 5.16 Å². The van der Waals surface area contributed by atoms with Gasteiger partial charge in [-0.25, -0.2) is 9.97 Å². The molecule has 0 spiro atoms. The number of fused-ring (bicyclic) bond motifs is 1. The molecule has 2 heterocycles. The van der Waals surface area contributed by atoms with Crippen molar-refractivity contribution in [3.63, 3.8) is 0 Å². The molecule has 2 aromatic heterocycles. The van der Waals surface area contributed by atoms with Crippen LogP contribution in [0.25, 0.3) is 10.2 Å². The summed E-state index contributed by atoms with van der Waals surface area (Å²) in [6.07, 6.45) is 0. The van der Waals surface area contributed by atoms with E-state index in [-0.39, 0.29) is 11.7 Å². The van der Waals surface area contributed by atoms with E-state index >= 15 is 0 Å². The summed E-state index contributed by atoms with van der Waals surface area (Å²) in [6.45, 7) is 8.08. The number of hydrogen-bond acceptors (Lipinski definition) is 6. The lowest BCUT2D eigenvalue weighted by atomic mass is 10.1. The van der Waals surface area contributed by atoms with Gasteiger partial charge in [-0.15, -0.1) is 11.3 Å². The highest BCUT2D eigenvalue weighted by atomic mass is 32.2. The van der Waals surface area contributed by atoms with E-state index < -0.39 is 0 Å². The molecule has 0 aliphatic carbocycles. The van der Waals surface area contributed by atoms with Gasteiger partial charge in [0.25, 0.3) is 0 Å². The lowest BCUT2D eigenvalue weighted by molar-refractivity contribution is -0.113. The van der Waals surface area contributed by atoms with Gasteiger partial charge in [-0.3, -0.25) is 4.79 Å². The summed E-state index contributed by atoms with van der Waals surface area (Å²) >= 11 is 2.90. The fraction of sp³-hybridized carbons (Fsp3) is 0.278. The Balaban J connectivity index is 1.70. The Morgan fingerprint density at radius 2 is 2.00 bits per heavy atom. The van der Waals surface area contributed by atoms with Crippen LogP contribution in [0, 0.1) is 27.7 Å². The van der Waals surface area contributed by atoms with Crippen LogP contribution in [0.15, 0.2) is 23.4 Å². The van der Waals surface area contributed by atoms with Crippen LogP contribution in [0.3, 0.4) is 0 Å². The lowest BCUT2D eigenvalue weighted by Gasteiger charge is -2.09. The zero-order chi connectivity index (χ0) is 18.1. The number of carbonyl (C=O) groups excluding carboxylic acids is 1. The van der Waals surface area contributed by atoms with Crippen molar-refractivity contribution < 1.29 is 4.79 Å². The van der Waals surface area contributed by atoms with E-state index in [0.29, 0.717) is 11.0 Å². The first kappa shape index (κ1) is 17.7. The van der Waals surface area contributed by atoms with Crippen LogP contribution in [-0.2, 0) is 4.79 Å². The second kappa shape index (κ2) is 7.01. The van der Waals surface area contributed by atoms with Gasteiger partial charge >= 0.3 is 0 Å². The number of hydrogen-bond donors (Lipinski definition) is 2. The van der Waals surface area contributed by atoms with Gasteiger partial charge in [0.1, 0.15) is 10.6 Å². The summed E-state index contributed by atoms with van der Waals surface area (Å²) in [7, 11) is 0. The number of nitrogens with two attached hydrogens (primary N) is 1. The molecule has 0 aliphatic rings. The monoisotopic (exact) mass is 372 g/mol. The summed E-state index contributed by atoms with van der Waals surface area (Å²) in [5.74, 6) is 0.628. The Bertz CT molecular complexity index is 965. The molecule has 7 heteroatoms. The van der Waals surface area contributed by atoms with Gasteiger partial charge < -0.3 is 11.1 Å². The predicted molar refractivity (Wildman–Crippen MR) is 107 cm³/mol. The molecule has 0 aliphatic heterocycles. The van der Waals surface area contributed by atoms with Crippen molar-refractivity contribution in [3.8, 4) is 0 Å². The van der Waals surface area contributed by atoms with E-state index in [1.807, 2.05) is 45.9 Å². The molecule has 1 aromatic carbocycles. The fourth-order valence-corrected chi connectivity index (χ4v) is 4.34. The minimum Gasteiger partial charge on any atom is -0.383 e. The molecule has 3 aromatic rings. The van der Waals surface area contributed by atoms with Crippen LogP contribution < -0.4 is 11.1 Å². The van der Waals surface area contributed by atoms with Gasteiger partial charge in [0.2, 0.25) is 5.91 Å². The number of rotatable bonds is 4. The topological polar surface area (TPSA) is 80.9 Å². The van der Waals surface area contributed by atoms with Crippen LogP contribution in [0.1, 0.15) is 21.6 Å². The van der Waals surface area contributed by atoms with Crippen LogP contribution in [0.2, 0.25) is 0 Å². The Labute approximate surface area is 155 Å². The summed E-state index contributed by atoms with van der Waals surface area (Å²) in [6, 6.07) is 5.95. The second-order valence-electron chi connectivity index (χ2n) is 6.01. The van der Waals surface area contributed by atoms with E-state index in [1.54, 1.807) is 11.3 Å². The third-order valence-corrected chi connectivity index (χ3v) is 5.97. The molecule has 130 valence electrons. The number of nitrogens with one attached hydrogen (secondary N) is 1. The first-order chi connectivity index (χ1) is 11.8. The molecule has 0 saturated heterocycles. The summed E-state index contributed by atoms with van der Waals surface area (Å²) in [5, 5.41) is 4.38. The average molecular weight is 373 g/mol. The maximum absolute atomic E-state index is 12.2. The SMILES string of the molecule is Cc1ccc(NC(=O)CSc2nc(N)c3c(C)c(C)sc3n2)c(C)c1. The third kappa shape index (κ3) is 3.77. The molecule has 0 radical (unpaired) electrons. The Morgan fingerprint density at radius 1 is 1.24 bits per heavy atom. The van der Waals surface area contributed by atoms with E-state index in [2.05, 4.69) is 15.3 Å². The van der Waals surface area contributed by atoms with E-state index in [9.17, 15) is 4.79 Å². The van der Waals surface area contributed by atoms with Gasteiger partial charge in [0.05, 0.1) is 11.1 Å². The molecule has 25 heavy (non-hydrogen) atoms. The molecule has 3 N–H and O–H groups in total. The molecule has 0 bridgehead atoms. The van der Waals surface area contributed by atoms with Crippen molar-refractivity contribution in [3.05, 3.63) is 39.8 Å². The van der Waals surface area contributed by atoms with E-state index in [1.165, 1.54) is 22.2 Å². The Kier molecular flexibility index (Phi) is 4.96. The Morgan fingerprint density at radius 3 is 2.72 bits per heavy atom. The first-order valence-corrected chi connectivity index (χ1v) is 9.68. The van der Waals surface area contributed by atoms with Crippen molar-refractivity contribution in [1.82, 2.24) is 9.97 Å². The number of amides is 1. The standard InChI is InChI=1S/C18H20N4OS2/c1-9-5-6-13(10(2)7-9)20-14(23)8-24-18-21-16(19)15-11(3)12(4)25-17(15)22-18/h5-7H,8H2,1-4H3,(H,20,23)(H2,19,21,22). The van der Waals surface area contributed by atoms with E-state index in [4.69, 9.17) is 5.73 Å². The van der Waals surface area contributed by atoms with Crippen LogP contribution in [0.4, 0.5) is 11.5 Å². The fourth-order valence-electron chi connectivity index (χ4n) is 2.60. The molecule has 0 unspecified atom stereocenters. The first-order valence-electron chi connectivity index (χ1n) is 7.88. The zero-order valence-corrected chi connectivity index (χ0v) is 16.3. The largest absolute Gasteiger partial charge is 0.383 e. The molecule has 3 rings (SSSR count). The summed E-state index contributed by atoms with van der Waals surface area (Å²) in [5.41, 5.74) is 10.2. The normalized spacial score (nSPS) is 11.0. The number of nitrogens with zero attached hydrogens (tertiary/aromatic N) is 2. The van der Waals surface area contributed by atoms with Gasteiger partial charge in [-0.2, -0.15) is 0 Å². The number of carbonyl (C=O) groups is 1. The zero-order valence-electron chi connectivity index (χ0n) is 14.6. The molecule has 1 amide bonds. The lowest BCUT2D eigenvalue weighted by Crippen LogP contribution is -2.15. The average Bonchev–Trinajstić information content (AvgIpc) is 2.83. The quantitative estimate of drug-likeness (QED) is 0.529. The third-order valence-electron chi connectivity index (χ3n) is 4.02. The number of aryl methyl sites for hydroxylation is 4. The van der Waals surface area contributed by atoms with E-state index in [0.717, 1.165) is 27.0 Å². The van der Waals surface area contributed by atoms with Crippen LogP contribution in [0.5, 0.6) is 0 Å². The minimum absolute atomic E-state index is 0.0854. The van der Waals surface area contributed by atoms with Crippen molar-refractivity contribution in [2.45, 2.75) is 32.9 Å². The van der Waals surface area contributed by atoms with Crippen LogP contribution >= 0.6 is 23.1 Å². The highest BCUT2D eigenvalue weighted by Gasteiger charge is 2.14. The van der Waals surface area contributed by atoms with Gasteiger partial charge in [-0.1, -0.05) is 29.5 Å². The van der Waals surface area contributed by atoms with Crippen molar-refractivity contribution >= 4 is 50.7 Å². The molecule has 5 nitrogen and oxygen atoms in total. The van der Waals surface area contributed by atoms with Gasteiger partial charge in [0, 0.05) is 10.6 Å². The maximum Gasteiger partial charge on any atom is 0.234 e. The minimum atomic E-state index is -0.0854. The second-order valence-corrected chi connectivity index (χ2v) is 8.16. The van der Waals surface area contributed by atoms with Crippen molar-refractivity contribution in [2.24, 2.45) is 0 Å². The molecule has 0 saturated carbocycles. The number of benzene rings is 1. The smallest absolute Gasteiger partial charge is 0.234 e. The number of nitrogen functional groups attached to an aromatic ring is 1. The maximum atomic E-state index is 12.2. The van der Waals surface area contributed by atoms with Gasteiger partial charge in [-0.05, 0) is 44.9 Å². The number of thioether (sulfide) groups is 1. The predicted octanol–water partition coefficient (Wildman–Crippen LogP) is 4.24. The molecule has 0 fully saturated rings. The molecule has 0 atom stereocenters. The number of anilines is 2. The summed E-state index contributed by atoms with van der Waals surface area (Å²) < 4.78 is 0. The number of aromatic nitrogens is 2. The Hall–Kier alpha value is -2.12. The highest BCUT2D eigenvalue weighted by Crippen LogP contribution is 2.33. The summed E-state index contributed by atoms with van der Waals surface area (Å²) in [4.78, 5) is 23.2. The number of thiophene rings is 1.